The maximum Gasteiger partial charge on any atom is 0.256 e. The molecule has 5 nitrogen and oxygen atoms in total. The van der Waals surface area contributed by atoms with Crippen LogP contribution in [0, 0.1) is 13.8 Å². The number of H-pyrrole nitrogens is 1. The Kier molecular flexibility index (Phi) is 4.80. The molecule has 132 valence electrons. The van der Waals surface area contributed by atoms with Gasteiger partial charge < -0.3 is 14.6 Å². The van der Waals surface area contributed by atoms with Crippen LogP contribution in [0.15, 0.2) is 16.9 Å². The van der Waals surface area contributed by atoms with E-state index < -0.39 is 0 Å². The molecular weight excluding hydrogens is 363 g/mol. The van der Waals surface area contributed by atoms with Gasteiger partial charge in [0.05, 0.1) is 24.2 Å². The number of carbonyl (C=O) groups is 1. The molecule has 0 bridgehead atoms. The van der Waals surface area contributed by atoms with E-state index >= 15 is 0 Å². The summed E-state index contributed by atoms with van der Waals surface area (Å²) in [6.45, 7) is 4.40. The van der Waals surface area contributed by atoms with Gasteiger partial charge in [-0.3, -0.25) is 9.59 Å². The molecule has 0 atom stereocenters. The number of fused-ring (bicyclic) bond motifs is 1. The van der Waals surface area contributed by atoms with Gasteiger partial charge >= 0.3 is 0 Å². The van der Waals surface area contributed by atoms with Gasteiger partial charge in [0.25, 0.3) is 11.5 Å². The quantitative estimate of drug-likeness (QED) is 0.885. The number of rotatable bonds is 3. The van der Waals surface area contributed by atoms with Crippen molar-refractivity contribution in [2.75, 3.05) is 13.7 Å². The zero-order valence-corrected chi connectivity index (χ0v) is 15.7. The lowest BCUT2D eigenvalue weighted by Crippen LogP contribution is -2.39. The number of ether oxygens (including phenoxy) is 1. The third-order valence-electron chi connectivity index (χ3n) is 4.48. The molecule has 0 saturated heterocycles. The van der Waals surface area contributed by atoms with Crippen LogP contribution >= 0.6 is 23.2 Å². The molecule has 2 heterocycles. The number of nitrogens with zero attached hydrogens (tertiary/aromatic N) is 1. The van der Waals surface area contributed by atoms with Crippen molar-refractivity contribution in [3.8, 4) is 5.75 Å². The van der Waals surface area contributed by atoms with Crippen LogP contribution in [-0.2, 0) is 13.0 Å². The molecule has 1 N–H and O–H groups in total. The minimum Gasteiger partial charge on any atom is -0.495 e. The van der Waals surface area contributed by atoms with Crippen molar-refractivity contribution in [1.82, 2.24) is 9.88 Å². The number of methoxy groups -OCH3 is 1. The lowest BCUT2D eigenvalue weighted by atomic mass is 9.97. The largest absolute Gasteiger partial charge is 0.495 e. The highest BCUT2D eigenvalue weighted by molar-refractivity contribution is 6.38. The predicted octanol–water partition coefficient (Wildman–Crippen LogP) is 3.51. The number of halogens is 2. The highest BCUT2D eigenvalue weighted by atomic mass is 35.5. The molecule has 0 aliphatic carbocycles. The third-order valence-corrected chi connectivity index (χ3v) is 5.19. The predicted molar refractivity (Wildman–Crippen MR) is 98.0 cm³/mol. The third kappa shape index (κ3) is 3.14. The minimum absolute atomic E-state index is 0.175. The summed E-state index contributed by atoms with van der Waals surface area (Å²) in [6.07, 6.45) is 0.576. The summed E-state index contributed by atoms with van der Waals surface area (Å²) in [5, 5.41) is 0.722. The Hall–Kier alpha value is -1.98. The molecule has 2 aromatic rings. The van der Waals surface area contributed by atoms with E-state index in [9.17, 15) is 9.59 Å². The van der Waals surface area contributed by atoms with Crippen molar-refractivity contribution < 1.29 is 9.53 Å². The number of aromatic amines is 1. The summed E-state index contributed by atoms with van der Waals surface area (Å²) in [7, 11) is 1.48. The van der Waals surface area contributed by atoms with E-state index in [1.807, 2.05) is 19.9 Å². The summed E-state index contributed by atoms with van der Waals surface area (Å²) in [4.78, 5) is 29.6. The number of aryl methyl sites for hydroxylation is 2. The molecule has 0 unspecified atom stereocenters. The second-order valence-corrected chi connectivity index (χ2v) is 6.93. The van der Waals surface area contributed by atoms with E-state index in [0.717, 1.165) is 16.8 Å². The zero-order chi connectivity index (χ0) is 18.3. The first-order chi connectivity index (χ1) is 11.8. The Morgan fingerprint density at radius 1 is 1.24 bits per heavy atom. The number of amides is 1. The number of nitrogens with one attached hydrogen (secondary N) is 1. The molecule has 0 saturated carbocycles. The second kappa shape index (κ2) is 6.73. The van der Waals surface area contributed by atoms with Crippen LogP contribution in [0.2, 0.25) is 10.0 Å². The average molecular weight is 381 g/mol. The second-order valence-electron chi connectivity index (χ2n) is 6.15. The fourth-order valence-corrected chi connectivity index (χ4v) is 3.80. The summed E-state index contributed by atoms with van der Waals surface area (Å²) in [5.74, 6) is 0.122. The Bertz CT molecular complexity index is 922. The SMILES string of the molecule is COc1cc(Cl)c2c(c1Cl)C(=O)N(Cc1c(C)cc(C)[nH]c1=O)CC2. The molecule has 1 aliphatic rings. The molecule has 1 aromatic heterocycles. The van der Waals surface area contributed by atoms with E-state index in [-0.39, 0.29) is 23.0 Å². The van der Waals surface area contributed by atoms with Crippen molar-refractivity contribution >= 4 is 29.1 Å². The van der Waals surface area contributed by atoms with Crippen molar-refractivity contribution in [1.29, 1.82) is 0 Å². The first-order valence-electron chi connectivity index (χ1n) is 7.87. The minimum atomic E-state index is -0.244. The van der Waals surface area contributed by atoms with Crippen LogP contribution in [0.5, 0.6) is 5.75 Å². The van der Waals surface area contributed by atoms with E-state index in [0.29, 0.717) is 34.9 Å². The Morgan fingerprint density at radius 3 is 2.60 bits per heavy atom. The molecule has 1 aromatic carbocycles. The average Bonchev–Trinajstić information content (AvgIpc) is 2.55. The highest BCUT2D eigenvalue weighted by Gasteiger charge is 2.31. The normalized spacial score (nSPS) is 13.8. The van der Waals surface area contributed by atoms with E-state index in [1.54, 1.807) is 11.0 Å². The van der Waals surface area contributed by atoms with Crippen molar-refractivity contribution in [2.45, 2.75) is 26.8 Å². The number of carbonyl (C=O) groups excluding carboxylic acids is 1. The van der Waals surface area contributed by atoms with Gasteiger partial charge in [-0.2, -0.15) is 0 Å². The van der Waals surface area contributed by atoms with E-state index in [2.05, 4.69) is 4.98 Å². The molecule has 0 spiro atoms. The summed E-state index contributed by atoms with van der Waals surface area (Å²) >= 11 is 12.6. The lowest BCUT2D eigenvalue weighted by Gasteiger charge is -2.30. The molecule has 7 heteroatoms. The summed E-state index contributed by atoms with van der Waals surface area (Å²) < 4.78 is 5.20. The lowest BCUT2D eigenvalue weighted by molar-refractivity contribution is 0.0726. The van der Waals surface area contributed by atoms with Crippen molar-refractivity contribution in [2.24, 2.45) is 0 Å². The number of hydrogen-bond donors (Lipinski definition) is 1. The topological polar surface area (TPSA) is 62.4 Å². The van der Waals surface area contributed by atoms with Gasteiger partial charge in [-0.25, -0.2) is 0 Å². The number of benzene rings is 1. The Morgan fingerprint density at radius 2 is 1.96 bits per heavy atom. The smallest absolute Gasteiger partial charge is 0.256 e. The van der Waals surface area contributed by atoms with Gasteiger partial charge in [0, 0.05) is 28.9 Å². The van der Waals surface area contributed by atoms with E-state index in [1.165, 1.54) is 7.11 Å². The number of hydrogen-bond acceptors (Lipinski definition) is 3. The Labute approximate surface area is 155 Å². The van der Waals surface area contributed by atoms with Gasteiger partial charge in [-0.15, -0.1) is 0 Å². The van der Waals surface area contributed by atoms with Gasteiger partial charge in [0.2, 0.25) is 0 Å². The number of pyridine rings is 1. The van der Waals surface area contributed by atoms with Crippen LogP contribution < -0.4 is 10.3 Å². The maximum atomic E-state index is 13.0. The molecule has 25 heavy (non-hydrogen) atoms. The maximum absolute atomic E-state index is 13.0. The first kappa shape index (κ1) is 17.8. The molecule has 0 fully saturated rings. The Balaban J connectivity index is 2.00. The molecule has 1 aliphatic heterocycles. The van der Waals surface area contributed by atoms with Gasteiger partial charge in [-0.1, -0.05) is 23.2 Å². The molecule has 1 amide bonds. The standard InChI is InChI=1S/C18H18Cl2N2O3/c1-9-6-10(2)21-17(23)12(9)8-22-5-4-11-13(19)7-14(25-3)16(20)15(11)18(22)24/h6-7H,4-5,8H2,1-3H3,(H,21,23). The highest BCUT2D eigenvalue weighted by Crippen LogP contribution is 2.38. The summed E-state index contributed by atoms with van der Waals surface area (Å²) in [6, 6.07) is 3.52. The van der Waals surface area contributed by atoms with Crippen LogP contribution in [0.4, 0.5) is 0 Å². The first-order valence-corrected chi connectivity index (χ1v) is 8.62. The van der Waals surface area contributed by atoms with Crippen LogP contribution in [0.3, 0.4) is 0 Å². The molecule has 0 radical (unpaired) electrons. The van der Waals surface area contributed by atoms with Crippen LogP contribution in [0.1, 0.15) is 32.7 Å². The van der Waals surface area contributed by atoms with Crippen molar-refractivity contribution in [3.05, 3.63) is 60.5 Å². The van der Waals surface area contributed by atoms with Crippen molar-refractivity contribution in [3.63, 3.8) is 0 Å². The monoisotopic (exact) mass is 380 g/mol. The van der Waals surface area contributed by atoms with Gasteiger partial charge in [-0.05, 0) is 37.5 Å². The fraction of sp³-hybridized carbons (Fsp3) is 0.333. The molecule has 3 rings (SSSR count). The zero-order valence-electron chi connectivity index (χ0n) is 14.2. The van der Waals surface area contributed by atoms with Gasteiger partial charge in [0.15, 0.2) is 0 Å². The number of aromatic nitrogens is 1. The van der Waals surface area contributed by atoms with Gasteiger partial charge in [0.1, 0.15) is 5.75 Å². The van der Waals surface area contributed by atoms with Crippen LogP contribution in [0.25, 0.3) is 0 Å². The van der Waals surface area contributed by atoms with E-state index in [4.69, 9.17) is 27.9 Å². The summed E-state index contributed by atoms with van der Waals surface area (Å²) in [5.41, 5.74) is 3.14. The molecular formula is C18H18Cl2N2O3. The van der Waals surface area contributed by atoms with Crippen LogP contribution in [-0.4, -0.2) is 29.4 Å². The fourth-order valence-electron chi connectivity index (χ4n) is 3.18.